The zero-order chi connectivity index (χ0) is 15.9. The number of urea groups is 1. The summed E-state index contributed by atoms with van der Waals surface area (Å²) in [7, 11) is 0. The molecule has 2 heterocycles. The van der Waals surface area contributed by atoms with Crippen molar-refractivity contribution in [1.82, 2.24) is 15.5 Å². The lowest BCUT2D eigenvalue weighted by molar-refractivity contribution is 0.236. The van der Waals surface area contributed by atoms with Crippen LogP contribution in [0.25, 0.3) is 6.08 Å². The maximum absolute atomic E-state index is 11.6. The van der Waals surface area contributed by atoms with Gasteiger partial charge in [0.15, 0.2) is 0 Å². The van der Waals surface area contributed by atoms with Crippen LogP contribution in [0.4, 0.5) is 4.79 Å². The highest BCUT2D eigenvalue weighted by Gasteiger charge is 2.22. The van der Waals surface area contributed by atoms with E-state index >= 15 is 0 Å². The van der Waals surface area contributed by atoms with Crippen molar-refractivity contribution in [3.05, 3.63) is 29.7 Å². The van der Waals surface area contributed by atoms with E-state index in [0.29, 0.717) is 5.92 Å². The summed E-state index contributed by atoms with van der Waals surface area (Å²) < 4.78 is 5.34. The van der Waals surface area contributed by atoms with Gasteiger partial charge in [-0.1, -0.05) is 5.57 Å². The molecule has 5 heteroatoms. The van der Waals surface area contributed by atoms with Gasteiger partial charge in [0.05, 0.1) is 6.26 Å². The van der Waals surface area contributed by atoms with Crippen LogP contribution in [-0.2, 0) is 0 Å². The lowest BCUT2D eigenvalue weighted by Gasteiger charge is -2.17. The molecule has 1 unspecified atom stereocenters. The Kier molecular flexibility index (Phi) is 6.07. The van der Waals surface area contributed by atoms with Gasteiger partial charge in [-0.3, -0.25) is 4.90 Å². The molecule has 0 radical (unpaired) electrons. The van der Waals surface area contributed by atoms with Crippen LogP contribution >= 0.6 is 0 Å². The minimum absolute atomic E-state index is 0.0673. The Bertz CT molecular complexity index is 494. The largest absolute Gasteiger partial charge is 0.465 e. The molecule has 1 saturated heterocycles. The van der Waals surface area contributed by atoms with Gasteiger partial charge in [-0.25, -0.2) is 4.79 Å². The standard InChI is InChI=1S/C17H27N3O2/c1-13(2)19-17(21)18-10-15-6-7-20(12-15)11-14(3)9-16-5-4-8-22-16/h4-5,8-9,13,15H,6-7,10-12H2,1-3H3,(H2,18,19,21)/b14-9+. The Labute approximate surface area is 132 Å². The van der Waals surface area contributed by atoms with E-state index in [1.54, 1.807) is 6.26 Å². The number of carbonyl (C=O) groups is 1. The highest BCUT2D eigenvalue weighted by molar-refractivity contribution is 5.74. The van der Waals surface area contributed by atoms with Crippen molar-refractivity contribution in [2.24, 2.45) is 5.92 Å². The number of nitrogens with zero attached hydrogens (tertiary/aromatic N) is 1. The van der Waals surface area contributed by atoms with Crippen LogP contribution in [0.2, 0.25) is 0 Å². The average Bonchev–Trinajstić information content (AvgIpc) is 3.07. The highest BCUT2D eigenvalue weighted by Crippen LogP contribution is 2.17. The number of hydrogen-bond donors (Lipinski definition) is 2. The molecule has 22 heavy (non-hydrogen) atoms. The number of likely N-dealkylation sites (tertiary alicyclic amines) is 1. The zero-order valence-corrected chi connectivity index (χ0v) is 13.8. The number of amides is 2. The van der Waals surface area contributed by atoms with E-state index < -0.39 is 0 Å². The van der Waals surface area contributed by atoms with Gasteiger partial charge in [0.25, 0.3) is 0 Å². The molecule has 0 spiro atoms. The van der Waals surface area contributed by atoms with Gasteiger partial charge in [0, 0.05) is 25.7 Å². The number of nitrogens with one attached hydrogen (secondary N) is 2. The van der Waals surface area contributed by atoms with Gasteiger partial charge in [-0.05, 0) is 57.9 Å². The quantitative estimate of drug-likeness (QED) is 0.849. The average molecular weight is 305 g/mol. The van der Waals surface area contributed by atoms with Crippen molar-refractivity contribution < 1.29 is 9.21 Å². The van der Waals surface area contributed by atoms with Crippen molar-refractivity contribution >= 4 is 12.1 Å². The monoisotopic (exact) mass is 305 g/mol. The van der Waals surface area contributed by atoms with Crippen LogP contribution in [0.3, 0.4) is 0 Å². The first-order chi connectivity index (χ1) is 10.5. The summed E-state index contributed by atoms with van der Waals surface area (Å²) >= 11 is 0. The zero-order valence-electron chi connectivity index (χ0n) is 13.8. The molecule has 1 aliphatic heterocycles. The van der Waals surface area contributed by atoms with E-state index in [4.69, 9.17) is 4.42 Å². The van der Waals surface area contributed by atoms with Crippen LogP contribution in [0.15, 0.2) is 28.4 Å². The predicted octanol–water partition coefficient (Wildman–Crippen LogP) is 2.71. The molecule has 1 aromatic heterocycles. The molecule has 0 bridgehead atoms. The molecular formula is C17H27N3O2. The van der Waals surface area contributed by atoms with Crippen LogP contribution in [0.5, 0.6) is 0 Å². The SMILES string of the molecule is C/C(=C\c1ccco1)CN1CCC(CNC(=O)NC(C)C)C1. The molecular weight excluding hydrogens is 278 g/mol. The predicted molar refractivity (Wildman–Crippen MR) is 88.6 cm³/mol. The summed E-state index contributed by atoms with van der Waals surface area (Å²) in [4.78, 5) is 14.0. The summed E-state index contributed by atoms with van der Waals surface area (Å²) in [5.74, 6) is 1.44. The molecule has 0 saturated carbocycles. The van der Waals surface area contributed by atoms with Crippen LogP contribution in [0.1, 0.15) is 33.0 Å². The number of carbonyl (C=O) groups excluding carboxylic acids is 1. The Hall–Kier alpha value is -1.75. The van der Waals surface area contributed by atoms with Crippen molar-refractivity contribution in [1.29, 1.82) is 0 Å². The Morgan fingerprint density at radius 3 is 3.05 bits per heavy atom. The summed E-state index contributed by atoms with van der Waals surface area (Å²) in [6.07, 6.45) is 4.91. The first-order valence-electron chi connectivity index (χ1n) is 8.00. The Morgan fingerprint density at radius 1 is 1.55 bits per heavy atom. The second-order valence-corrected chi connectivity index (χ2v) is 6.40. The van der Waals surface area contributed by atoms with Crippen molar-refractivity contribution in [3.63, 3.8) is 0 Å². The second kappa shape index (κ2) is 8.03. The van der Waals surface area contributed by atoms with Crippen LogP contribution in [0, 0.1) is 5.92 Å². The van der Waals surface area contributed by atoms with Gasteiger partial charge in [-0.2, -0.15) is 0 Å². The third-order valence-corrected chi connectivity index (χ3v) is 3.75. The maximum atomic E-state index is 11.6. The third-order valence-electron chi connectivity index (χ3n) is 3.75. The molecule has 1 aliphatic rings. The minimum Gasteiger partial charge on any atom is -0.465 e. The molecule has 1 atom stereocenters. The van der Waals surface area contributed by atoms with Crippen molar-refractivity contribution in [3.8, 4) is 0 Å². The van der Waals surface area contributed by atoms with Gasteiger partial charge >= 0.3 is 6.03 Å². The maximum Gasteiger partial charge on any atom is 0.314 e. The first-order valence-corrected chi connectivity index (χ1v) is 8.00. The summed E-state index contributed by atoms with van der Waals surface area (Å²) in [6.45, 7) is 9.87. The molecule has 2 rings (SSSR count). The van der Waals surface area contributed by atoms with E-state index in [2.05, 4.69) is 28.5 Å². The normalized spacial score (nSPS) is 19.6. The van der Waals surface area contributed by atoms with E-state index in [1.807, 2.05) is 26.0 Å². The Balaban J connectivity index is 1.70. The topological polar surface area (TPSA) is 57.5 Å². The first kappa shape index (κ1) is 16.6. The molecule has 0 aromatic carbocycles. The fourth-order valence-electron chi connectivity index (χ4n) is 2.79. The van der Waals surface area contributed by atoms with E-state index in [0.717, 1.165) is 38.4 Å². The molecule has 1 aromatic rings. The number of furan rings is 1. The second-order valence-electron chi connectivity index (χ2n) is 6.40. The lowest BCUT2D eigenvalue weighted by atomic mass is 10.1. The van der Waals surface area contributed by atoms with Crippen LogP contribution in [-0.4, -0.2) is 43.2 Å². The third kappa shape index (κ3) is 5.56. The van der Waals surface area contributed by atoms with Crippen molar-refractivity contribution in [2.45, 2.75) is 33.2 Å². The highest BCUT2D eigenvalue weighted by atomic mass is 16.3. The van der Waals surface area contributed by atoms with Gasteiger partial charge in [0.1, 0.15) is 5.76 Å². The number of rotatable bonds is 6. The lowest BCUT2D eigenvalue weighted by Crippen LogP contribution is -2.41. The fourth-order valence-corrected chi connectivity index (χ4v) is 2.79. The van der Waals surface area contributed by atoms with E-state index in [9.17, 15) is 4.79 Å². The Morgan fingerprint density at radius 2 is 2.36 bits per heavy atom. The van der Waals surface area contributed by atoms with Crippen molar-refractivity contribution in [2.75, 3.05) is 26.2 Å². The minimum atomic E-state index is -0.0673. The summed E-state index contributed by atoms with van der Waals surface area (Å²) in [6, 6.07) is 3.98. The summed E-state index contributed by atoms with van der Waals surface area (Å²) in [5.41, 5.74) is 1.29. The molecule has 0 aliphatic carbocycles. The van der Waals surface area contributed by atoms with E-state index in [1.165, 1.54) is 5.57 Å². The van der Waals surface area contributed by atoms with Gasteiger partial charge in [-0.15, -0.1) is 0 Å². The summed E-state index contributed by atoms with van der Waals surface area (Å²) in [5, 5.41) is 5.81. The molecule has 5 nitrogen and oxygen atoms in total. The smallest absolute Gasteiger partial charge is 0.314 e. The van der Waals surface area contributed by atoms with Gasteiger partial charge in [0.2, 0.25) is 0 Å². The fraction of sp³-hybridized carbons (Fsp3) is 0.588. The van der Waals surface area contributed by atoms with Gasteiger partial charge < -0.3 is 15.1 Å². The molecule has 2 amide bonds. The van der Waals surface area contributed by atoms with E-state index in [-0.39, 0.29) is 12.1 Å². The van der Waals surface area contributed by atoms with Crippen LogP contribution < -0.4 is 10.6 Å². The molecule has 1 fully saturated rings. The molecule has 2 N–H and O–H groups in total. The number of hydrogen-bond acceptors (Lipinski definition) is 3. The molecule has 122 valence electrons.